The molecular weight excluding hydrogens is 216 g/mol. The van der Waals surface area contributed by atoms with E-state index in [1.165, 1.54) is 32.1 Å². The highest BCUT2D eigenvalue weighted by atomic mass is 16.4. The fourth-order valence-corrected chi connectivity index (χ4v) is 2.57. The predicted octanol–water partition coefficient (Wildman–Crippen LogP) is 1.93. The molecule has 0 bridgehead atoms. The second-order valence-electron chi connectivity index (χ2n) is 4.88. The van der Waals surface area contributed by atoms with Crippen LogP contribution in [0.15, 0.2) is 4.42 Å². The highest BCUT2D eigenvalue weighted by Gasteiger charge is 2.25. The maximum atomic E-state index is 5.48. The molecule has 5 nitrogen and oxygen atoms in total. The fourth-order valence-electron chi connectivity index (χ4n) is 2.57. The number of aromatic nitrogens is 2. The molecule has 0 aliphatic heterocycles. The van der Waals surface area contributed by atoms with Gasteiger partial charge >= 0.3 is 6.01 Å². The molecule has 17 heavy (non-hydrogen) atoms. The van der Waals surface area contributed by atoms with Crippen LogP contribution in [0.25, 0.3) is 0 Å². The molecule has 0 radical (unpaired) electrons. The van der Waals surface area contributed by atoms with E-state index in [2.05, 4.69) is 22.0 Å². The molecule has 5 heteroatoms. The molecule has 0 saturated heterocycles. The zero-order chi connectivity index (χ0) is 12.3. The zero-order valence-corrected chi connectivity index (χ0v) is 10.7. The van der Waals surface area contributed by atoms with Crippen molar-refractivity contribution in [2.45, 2.75) is 51.6 Å². The van der Waals surface area contributed by atoms with Gasteiger partial charge in [0.1, 0.15) is 0 Å². The third-order valence-corrected chi connectivity index (χ3v) is 3.87. The van der Waals surface area contributed by atoms with Gasteiger partial charge in [-0.3, -0.25) is 0 Å². The van der Waals surface area contributed by atoms with Crippen LogP contribution in [0.4, 0.5) is 6.01 Å². The Morgan fingerprint density at radius 1 is 1.29 bits per heavy atom. The van der Waals surface area contributed by atoms with Gasteiger partial charge in [0.15, 0.2) is 0 Å². The Hall–Kier alpha value is -1.10. The molecule has 1 aromatic heterocycles. The molecule has 2 rings (SSSR count). The average Bonchev–Trinajstić information content (AvgIpc) is 2.87. The lowest BCUT2D eigenvalue weighted by Crippen LogP contribution is -2.35. The molecular formula is C12H22N4O. The highest BCUT2D eigenvalue weighted by Crippen LogP contribution is 2.30. The lowest BCUT2D eigenvalue weighted by atomic mass is 9.84. The van der Waals surface area contributed by atoms with Gasteiger partial charge in [-0.15, -0.1) is 5.10 Å². The number of rotatable bonds is 4. The summed E-state index contributed by atoms with van der Waals surface area (Å²) >= 11 is 0. The Kier molecular flexibility index (Phi) is 3.99. The topological polar surface area (TPSA) is 68.2 Å². The Balaban J connectivity index is 1.94. The Labute approximate surface area is 102 Å². The van der Waals surface area contributed by atoms with Crippen molar-refractivity contribution in [2.75, 3.05) is 11.9 Å². The molecule has 1 aliphatic carbocycles. The summed E-state index contributed by atoms with van der Waals surface area (Å²) in [6, 6.07) is 1.13. The van der Waals surface area contributed by atoms with Crippen molar-refractivity contribution < 1.29 is 4.42 Å². The van der Waals surface area contributed by atoms with Crippen molar-refractivity contribution in [2.24, 2.45) is 11.7 Å². The van der Waals surface area contributed by atoms with Crippen LogP contribution in [0.5, 0.6) is 0 Å². The maximum absolute atomic E-state index is 5.48. The van der Waals surface area contributed by atoms with Crippen LogP contribution in [0.1, 0.15) is 44.9 Å². The van der Waals surface area contributed by atoms with E-state index in [1.807, 2.05) is 7.05 Å². The molecule has 0 amide bonds. The minimum Gasteiger partial charge on any atom is -0.407 e. The van der Waals surface area contributed by atoms with E-state index in [9.17, 15) is 0 Å². The van der Waals surface area contributed by atoms with Crippen LogP contribution in [-0.4, -0.2) is 23.3 Å². The third kappa shape index (κ3) is 2.77. The summed E-state index contributed by atoms with van der Waals surface area (Å²) in [7, 11) is 2.03. The van der Waals surface area contributed by atoms with Gasteiger partial charge in [0.25, 0.3) is 0 Å². The van der Waals surface area contributed by atoms with E-state index >= 15 is 0 Å². The van der Waals surface area contributed by atoms with Gasteiger partial charge in [-0.1, -0.05) is 18.4 Å². The van der Waals surface area contributed by atoms with Crippen LogP contribution in [-0.2, 0) is 6.54 Å². The van der Waals surface area contributed by atoms with Gasteiger partial charge < -0.3 is 15.1 Å². The Morgan fingerprint density at radius 2 is 2.00 bits per heavy atom. The zero-order valence-electron chi connectivity index (χ0n) is 10.7. The molecule has 1 heterocycles. The van der Waals surface area contributed by atoms with Gasteiger partial charge in [-0.25, -0.2) is 0 Å². The third-order valence-electron chi connectivity index (χ3n) is 3.87. The van der Waals surface area contributed by atoms with Crippen molar-refractivity contribution in [1.29, 1.82) is 0 Å². The maximum Gasteiger partial charge on any atom is 0.318 e. The predicted molar refractivity (Wildman–Crippen MR) is 66.6 cm³/mol. The molecule has 96 valence electrons. The van der Waals surface area contributed by atoms with Crippen LogP contribution in [0.3, 0.4) is 0 Å². The van der Waals surface area contributed by atoms with E-state index in [1.54, 1.807) is 0 Å². The van der Waals surface area contributed by atoms with Gasteiger partial charge in [0.2, 0.25) is 5.89 Å². The van der Waals surface area contributed by atoms with Crippen LogP contribution < -0.4 is 10.6 Å². The molecule has 0 aromatic carbocycles. The second-order valence-corrected chi connectivity index (χ2v) is 4.88. The van der Waals surface area contributed by atoms with Gasteiger partial charge in [-0.05, 0) is 31.6 Å². The molecule has 0 unspecified atom stereocenters. The summed E-state index contributed by atoms with van der Waals surface area (Å²) in [5.74, 6) is 1.41. The SMILES string of the molecule is CCC1CCC(N(C)c2nnc(CN)o2)CC1. The first-order valence-electron chi connectivity index (χ1n) is 6.49. The second kappa shape index (κ2) is 5.49. The van der Waals surface area contributed by atoms with Gasteiger partial charge in [0, 0.05) is 13.1 Å². The molecule has 0 spiro atoms. The summed E-state index contributed by atoms with van der Waals surface area (Å²) in [4.78, 5) is 2.11. The van der Waals surface area contributed by atoms with E-state index in [4.69, 9.17) is 10.2 Å². The fraction of sp³-hybridized carbons (Fsp3) is 0.833. The largest absolute Gasteiger partial charge is 0.407 e. The van der Waals surface area contributed by atoms with E-state index < -0.39 is 0 Å². The summed E-state index contributed by atoms with van der Waals surface area (Å²) in [6.07, 6.45) is 6.35. The highest BCUT2D eigenvalue weighted by molar-refractivity contribution is 5.24. The van der Waals surface area contributed by atoms with Crippen molar-refractivity contribution in [3.63, 3.8) is 0 Å². The van der Waals surface area contributed by atoms with E-state index in [-0.39, 0.29) is 0 Å². The standard InChI is InChI=1S/C12H22N4O/c1-3-9-4-6-10(7-5-9)16(2)12-15-14-11(8-13)17-12/h9-10H,3-8,13H2,1-2H3. The summed E-state index contributed by atoms with van der Waals surface area (Å²) in [5, 5.41) is 7.93. The van der Waals surface area contributed by atoms with Crippen LogP contribution in [0.2, 0.25) is 0 Å². The van der Waals surface area contributed by atoms with Crippen LogP contribution in [0, 0.1) is 5.92 Å². The Morgan fingerprint density at radius 3 is 2.53 bits per heavy atom. The van der Waals surface area contributed by atoms with E-state index in [0.29, 0.717) is 24.5 Å². The summed E-state index contributed by atoms with van der Waals surface area (Å²) in [5.41, 5.74) is 5.46. The van der Waals surface area contributed by atoms with Crippen molar-refractivity contribution >= 4 is 6.01 Å². The molecule has 1 saturated carbocycles. The number of nitrogens with zero attached hydrogens (tertiary/aromatic N) is 3. The number of hydrogen-bond donors (Lipinski definition) is 1. The quantitative estimate of drug-likeness (QED) is 0.868. The molecule has 1 aromatic rings. The van der Waals surface area contributed by atoms with Crippen molar-refractivity contribution in [1.82, 2.24) is 10.2 Å². The lowest BCUT2D eigenvalue weighted by Gasteiger charge is -2.33. The number of hydrogen-bond acceptors (Lipinski definition) is 5. The molecule has 1 fully saturated rings. The monoisotopic (exact) mass is 238 g/mol. The smallest absolute Gasteiger partial charge is 0.318 e. The van der Waals surface area contributed by atoms with Crippen molar-refractivity contribution in [3.05, 3.63) is 5.89 Å². The van der Waals surface area contributed by atoms with Crippen molar-refractivity contribution in [3.8, 4) is 0 Å². The minimum atomic E-state index is 0.309. The molecule has 1 aliphatic rings. The first kappa shape index (κ1) is 12.4. The summed E-state index contributed by atoms with van der Waals surface area (Å²) in [6.45, 7) is 2.59. The molecule has 2 N–H and O–H groups in total. The van der Waals surface area contributed by atoms with Crippen LogP contribution >= 0.6 is 0 Å². The molecule has 0 atom stereocenters. The number of nitrogens with two attached hydrogens (primary N) is 1. The first-order chi connectivity index (χ1) is 8.24. The normalized spacial score (nSPS) is 24.9. The van der Waals surface area contributed by atoms with Gasteiger partial charge in [-0.2, -0.15) is 0 Å². The van der Waals surface area contributed by atoms with E-state index in [0.717, 1.165) is 5.92 Å². The summed E-state index contributed by atoms with van der Waals surface area (Å²) < 4.78 is 5.48. The minimum absolute atomic E-state index is 0.309. The van der Waals surface area contributed by atoms with Gasteiger partial charge in [0.05, 0.1) is 6.54 Å². The number of anilines is 1. The lowest BCUT2D eigenvalue weighted by molar-refractivity contribution is 0.306. The Bertz CT molecular complexity index is 344. The first-order valence-corrected chi connectivity index (χ1v) is 6.49. The average molecular weight is 238 g/mol.